The van der Waals surface area contributed by atoms with E-state index in [-0.39, 0.29) is 5.56 Å². The molecule has 0 fully saturated rings. The van der Waals surface area contributed by atoms with Crippen molar-refractivity contribution in [3.05, 3.63) is 64.0 Å². The average Bonchev–Trinajstić information content (AvgIpc) is 3.15. The Morgan fingerprint density at radius 2 is 1.82 bits per heavy atom. The number of benzene rings is 2. The molecule has 28 heavy (non-hydrogen) atoms. The summed E-state index contributed by atoms with van der Waals surface area (Å²) in [5.41, 5.74) is 1.96. The molecule has 2 aromatic carbocycles. The number of aromatic nitrogens is 2. The third-order valence-corrected chi connectivity index (χ3v) is 5.75. The maximum atomic E-state index is 13.4. The number of methoxy groups -OCH3 is 2. The molecule has 0 spiro atoms. The summed E-state index contributed by atoms with van der Waals surface area (Å²) in [7, 11) is 3.29. The van der Waals surface area contributed by atoms with Crippen LogP contribution in [0, 0.1) is 0 Å². The van der Waals surface area contributed by atoms with Crippen molar-refractivity contribution in [1.82, 2.24) is 9.55 Å². The number of thiophene rings is 1. The van der Waals surface area contributed by atoms with Crippen LogP contribution < -0.4 is 5.56 Å². The molecule has 2 heterocycles. The molecule has 0 atom stereocenters. The Balaban J connectivity index is 1.88. The highest BCUT2D eigenvalue weighted by molar-refractivity contribution is 7.17. The average molecular weight is 394 g/mol. The van der Waals surface area contributed by atoms with Gasteiger partial charge in [0.1, 0.15) is 10.7 Å². The first kappa shape index (κ1) is 18.8. The van der Waals surface area contributed by atoms with Crippen molar-refractivity contribution in [2.75, 3.05) is 27.4 Å². The van der Waals surface area contributed by atoms with Gasteiger partial charge in [-0.05, 0) is 22.4 Å². The van der Waals surface area contributed by atoms with Crippen molar-refractivity contribution in [2.24, 2.45) is 0 Å². The minimum absolute atomic E-state index is 0.0161. The smallest absolute Gasteiger partial charge is 0.262 e. The highest BCUT2D eigenvalue weighted by atomic mass is 32.1. The quantitative estimate of drug-likeness (QED) is 0.473. The first-order valence-corrected chi connectivity index (χ1v) is 10.1. The lowest BCUT2D eigenvalue weighted by Crippen LogP contribution is -2.27. The Morgan fingerprint density at radius 3 is 2.61 bits per heavy atom. The summed E-state index contributed by atoms with van der Waals surface area (Å²) in [6, 6.07) is 14.5. The molecule has 0 bridgehead atoms. The van der Waals surface area contributed by atoms with Gasteiger partial charge in [0, 0.05) is 31.6 Å². The predicted molar refractivity (Wildman–Crippen MR) is 114 cm³/mol. The molecule has 0 saturated carbocycles. The van der Waals surface area contributed by atoms with Gasteiger partial charge in [-0.1, -0.05) is 36.4 Å². The van der Waals surface area contributed by atoms with Crippen molar-refractivity contribution < 1.29 is 9.47 Å². The Kier molecular flexibility index (Phi) is 5.52. The zero-order chi connectivity index (χ0) is 19.5. The van der Waals surface area contributed by atoms with Gasteiger partial charge in [0.25, 0.3) is 5.56 Å². The zero-order valence-corrected chi connectivity index (χ0v) is 16.8. The van der Waals surface area contributed by atoms with Gasteiger partial charge in [-0.25, -0.2) is 4.98 Å². The van der Waals surface area contributed by atoms with E-state index in [0.717, 1.165) is 27.2 Å². The molecule has 0 unspecified atom stereocenters. The normalized spacial score (nSPS) is 11.5. The standard InChI is InChI=1S/C22H22N2O3S/c1-26-11-9-19-23-21-20(22(25)24(19)10-12-27-2)18(14-28-21)17-8-7-15-5-3-4-6-16(15)13-17/h3-8,13-14H,9-12H2,1-2H3. The van der Waals surface area contributed by atoms with E-state index in [1.165, 1.54) is 16.7 Å². The summed E-state index contributed by atoms with van der Waals surface area (Å²) in [5, 5.41) is 5.05. The first-order chi connectivity index (χ1) is 13.7. The van der Waals surface area contributed by atoms with Crippen LogP contribution in [0.3, 0.4) is 0 Å². The van der Waals surface area contributed by atoms with E-state index >= 15 is 0 Å². The van der Waals surface area contributed by atoms with Crippen LogP contribution in [0.1, 0.15) is 5.82 Å². The number of ether oxygens (including phenoxy) is 2. The first-order valence-electron chi connectivity index (χ1n) is 9.21. The van der Waals surface area contributed by atoms with Crippen LogP contribution >= 0.6 is 11.3 Å². The van der Waals surface area contributed by atoms with Crippen LogP contribution in [0.2, 0.25) is 0 Å². The van der Waals surface area contributed by atoms with Gasteiger partial charge in [0.15, 0.2) is 0 Å². The molecule has 0 N–H and O–H groups in total. The fourth-order valence-corrected chi connectivity index (χ4v) is 4.39. The number of fused-ring (bicyclic) bond motifs is 2. The summed E-state index contributed by atoms with van der Waals surface area (Å²) < 4.78 is 12.1. The highest BCUT2D eigenvalue weighted by Gasteiger charge is 2.17. The molecule has 0 aliphatic carbocycles. The second-order valence-electron chi connectivity index (χ2n) is 6.61. The maximum Gasteiger partial charge on any atom is 0.262 e. The van der Waals surface area contributed by atoms with Gasteiger partial charge in [-0.3, -0.25) is 9.36 Å². The molecule has 0 radical (unpaired) electrons. The number of hydrogen-bond acceptors (Lipinski definition) is 5. The fourth-order valence-electron chi connectivity index (χ4n) is 3.43. The minimum Gasteiger partial charge on any atom is -0.384 e. The van der Waals surface area contributed by atoms with E-state index < -0.39 is 0 Å². The molecule has 0 amide bonds. The zero-order valence-electron chi connectivity index (χ0n) is 16.0. The Hall–Kier alpha value is -2.54. The van der Waals surface area contributed by atoms with Crippen molar-refractivity contribution in [3.63, 3.8) is 0 Å². The third-order valence-electron chi connectivity index (χ3n) is 4.88. The number of nitrogens with zero attached hydrogens (tertiary/aromatic N) is 2. The van der Waals surface area contributed by atoms with E-state index in [1.54, 1.807) is 18.8 Å². The van der Waals surface area contributed by atoms with E-state index in [2.05, 4.69) is 30.3 Å². The van der Waals surface area contributed by atoms with Crippen LogP contribution in [0.5, 0.6) is 0 Å². The van der Waals surface area contributed by atoms with Crippen molar-refractivity contribution >= 4 is 32.3 Å². The van der Waals surface area contributed by atoms with E-state index in [1.807, 2.05) is 17.5 Å². The van der Waals surface area contributed by atoms with Crippen molar-refractivity contribution in [3.8, 4) is 11.1 Å². The van der Waals surface area contributed by atoms with Crippen LogP contribution in [0.15, 0.2) is 52.6 Å². The molecule has 6 heteroatoms. The summed E-state index contributed by atoms with van der Waals surface area (Å²) in [6.45, 7) is 1.46. The minimum atomic E-state index is -0.0161. The number of rotatable bonds is 7. The van der Waals surface area contributed by atoms with Crippen LogP contribution in [0.25, 0.3) is 32.1 Å². The molecular weight excluding hydrogens is 372 g/mol. The van der Waals surface area contributed by atoms with E-state index in [9.17, 15) is 4.79 Å². The van der Waals surface area contributed by atoms with Crippen LogP contribution in [-0.4, -0.2) is 37.0 Å². The van der Waals surface area contributed by atoms with Gasteiger partial charge in [-0.2, -0.15) is 0 Å². The topological polar surface area (TPSA) is 53.3 Å². The lowest BCUT2D eigenvalue weighted by atomic mass is 10.0. The van der Waals surface area contributed by atoms with Gasteiger partial charge in [0.2, 0.25) is 0 Å². The van der Waals surface area contributed by atoms with E-state index in [0.29, 0.717) is 31.6 Å². The Morgan fingerprint density at radius 1 is 1.04 bits per heavy atom. The Labute approximate surface area is 167 Å². The molecule has 0 aliphatic heterocycles. The second-order valence-corrected chi connectivity index (χ2v) is 7.47. The second kappa shape index (κ2) is 8.22. The monoisotopic (exact) mass is 394 g/mol. The number of hydrogen-bond donors (Lipinski definition) is 0. The van der Waals surface area contributed by atoms with Crippen LogP contribution in [-0.2, 0) is 22.4 Å². The third kappa shape index (κ3) is 3.46. The molecule has 2 aromatic heterocycles. The van der Waals surface area contributed by atoms with E-state index in [4.69, 9.17) is 14.5 Å². The summed E-state index contributed by atoms with van der Waals surface area (Å²) in [5.74, 6) is 0.739. The predicted octanol–water partition coefficient (Wildman–Crippen LogP) is 4.11. The lowest BCUT2D eigenvalue weighted by molar-refractivity contribution is 0.180. The fraction of sp³-hybridized carbons (Fsp3) is 0.273. The molecule has 5 nitrogen and oxygen atoms in total. The molecule has 0 aliphatic rings. The molecule has 144 valence electrons. The maximum absolute atomic E-state index is 13.4. The Bertz CT molecular complexity index is 1180. The molecule has 0 saturated heterocycles. The van der Waals surface area contributed by atoms with Gasteiger partial charge < -0.3 is 9.47 Å². The van der Waals surface area contributed by atoms with Gasteiger partial charge in [0.05, 0.1) is 25.1 Å². The molecule has 4 rings (SSSR count). The van der Waals surface area contributed by atoms with Gasteiger partial charge >= 0.3 is 0 Å². The van der Waals surface area contributed by atoms with Crippen LogP contribution in [0.4, 0.5) is 0 Å². The summed E-state index contributed by atoms with van der Waals surface area (Å²) in [6.07, 6.45) is 0.592. The van der Waals surface area contributed by atoms with Gasteiger partial charge in [-0.15, -0.1) is 11.3 Å². The largest absolute Gasteiger partial charge is 0.384 e. The van der Waals surface area contributed by atoms with Crippen molar-refractivity contribution in [1.29, 1.82) is 0 Å². The summed E-state index contributed by atoms with van der Waals surface area (Å²) >= 11 is 1.51. The summed E-state index contributed by atoms with van der Waals surface area (Å²) in [4.78, 5) is 18.9. The SMILES string of the molecule is COCCc1nc2scc(-c3ccc4ccccc4c3)c2c(=O)n1CCOC. The highest BCUT2D eigenvalue weighted by Crippen LogP contribution is 2.32. The van der Waals surface area contributed by atoms with Crippen molar-refractivity contribution in [2.45, 2.75) is 13.0 Å². The lowest BCUT2D eigenvalue weighted by Gasteiger charge is -2.12. The molecule has 4 aromatic rings. The molecular formula is C22H22N2O3S.